The number of nitrogens with one attached hydrogen (secondary N) is 1. The molecule has 3 aromatic rings. The Morgan fingerprint density at radius 2 is 2.00 bits per heavy atom. The Morgan fingerprint density at radius 3 is 2.65 bits per heavy atom. The lowest BCUT2D eigenvalue weighted by Crippen LogP contribution is -2.13. The normalized spacial score (nSPS) is 10.7. The van der Waals surface area contributed by atoms with Gasteiger partial charge in [0.15, 0.2) is 10.8 Å². The fourth-order valence-corrected chi connectivity index (χ4v) is 3.13. The molecule has 7 nitrogen and oxygen atoms in total. The summed E-state index contributed by atoms with van der Waals surface area (Å²) in [6, 6.07) is 5.27. The van der Waals surface area contributed by atoms with E-state index in [2.05, 4.69) is 15.4 Å². The number of amides is 1. The molecular weight excluding hydrogens is 316 g/mol. The predicted molar refractivity (Wildman–Crippen MR) is 88.6 cm³/mol. The highest BCUT2D eigenvalue weighted by molar-refractivity contribution is 7.22. The third kappa shape index (κ3) is 2.85. The fraction of sp³-hybridized carbons (Fsp3) is 0.267. The molecule has 2 heterocycles. The third-order valence-corrected chi connectivity index (χ3v) is 4.31. The molecule has 0 atom stereocenters. The number of carbonyl (C=O) groups excluding carboxylic acids is 1. The molecular formula is C15H16N4O3S. The number of hydrogen-bond acceptors (Lipinski definition) is 6. The highest BCUT2D eigenvalue weighted by Crippen LogP contribution is 2.38. The number of carbonyl (C=O) groups is 1. The van der Waals surface area contributed by atoms with Crippen molar-refractivity contribution < 1.29 is 14.3 Å². The molecule has 0 aliphatic carbocycles. The highest BCUT2D eigenvalue weighted by Gasteiger charge is 2.16. The van der Waals surface area contributed by atoms with E-state index in [1.165, 1.54) is 11.3 Å². The van der Waals surface area contributed by atoms with E-state index in [1.54, 1.807) is 37.2 Å². The van der Waals surface area contributed by atoms with Gasteiger partial charge in [-0.15, -0.1) is 0 Å². The van der Waals surface area contributed by atoms with Crippen LogP contribution in [0.15, 0.2) is 24.4 Å². The number of aryl methyl sites for hydroxylation is 1. The SMILES string of the molecule is CCn1ccc(C(=O)Nc2nc3c(OC)ccc(OC)c3s2)n1. The van der Waals surface area contributed by atoms with Gasteiger partial charge < -0.3 is 9.47 Å². The van der Waals surface area contributed by atoms with Crippen LogP contribution in [0.4, 0.5) is 5.13 Å². The lowest BCUT2D eigenvalue weighted by atomic mass is 10.3. The van der Waals surface area contributed by atoms with Crippen molar-refractivity contribution in [3.8, 4) is 11.5 Å². The van der Waals surface area contributed by atoms with Crippen molar-refractivity contribution in [1.29, 1.82) is 0 Å². The van der Waals surface area contributed by atoms with Gasteiger partial charge >= 0.3 is 0 Å². The Kier molecular flexibility index (Phi) is 4.16. The Hall–Kier alpha value is -2.61. The van der Waals surface area contributed by atoms with E-state index in [1.807, 2.05) is 13.0 Å². The number of rotatable bonds is 5. The van der Waals surface area contributed by atoms with Gasteiger partial charge in [0.05, 0.1) is 14.2 Å². The third-order valence-electron chi connectivity index (χ3n) is 3.33. The first-order valence-corrected chi connectivity index (χ1v) is 7.84. The molecule has 0 bridgehead atoms. The van der Waals surface area contributed by atoms with E-state index >= 15 is 0 Å². The molecule has 23 heavy (non-hydrogen) atoms. The Labute approximate surface area is 136 Å². The van der Waals surface area contributed by atoms with Gasteiger partial charge in [-0.3, -0.25) is 14.8 Å². The summed E-state index contributed by atoms with van der Waals surface area (Å²) in [4.78, 5) is 16.7. The van der Waals surface area contributed by atoms with Gasteiger partial charge in [-0.1, -0.05) is 11.3 Å². The van der Waals surface area contributed by atoms with Gasteiger partial charge in [-0.2, -0.15) is 5.10 Å². The van der Waals surface area contributed by atoms with Crippen molar-refractivity contribution in [3.63, 3.8) is 0 Å². The van der Waals surface area contributed by atoms with Crippen LogP contribution in [0.1, 0.15) is 17.4 Å². The number of benzene rings is 1. The average molecular weight is 332 g/mol. The molecule has 1 N–H and O–H groups in total. The summed E-state index contributed by atoms with van der Waals surface area (Å²) < 4.78 is 13.2. The maximum absolute atomic E-state index is 12.2. The number of ether oxygens (including phenoxy) is 2. The van der Waals surface area contributed by atoms with Crippen LogP contribution in [-0.2, 0) is 6.54 Å². The van der Waals surface area contributed by atoms with Gasteiger partial charge in [0, 0.05) is 12.7 Å². The minimum absolute atomic E-state index is 0.297. The van der Waals surface area contributed by atoms with E-state index in [4.69, 9.17) is 9.47 Å². The van der Waals surface area contributed by atoms with Crippen LogP contribution in [-0.4, -0.2) is 34.9 Å². The van der Waals surface area contributed by atoms with Crippen molar-refractivity contribution in [2.75, 3.05) is 19.5 Å². The molecule has 0 spiro atoms. The summed E-state index contributed by atoms with van der Waals surface area (Å²) >= 11 is 1.33. The van der Waals surface area contributed by atoms with Gasteiger partial charge in [-0.25, -0.2) is 4.98 Å². The van der Waals surface area contributed by atoms with E-state index in [9.17, 15) is 4.79 Å². The van der Waals surface area contributed by atoms with Crippen molar-refractivity contribution in [2.45, 2.75) is 13.5 Å². The van der Waals surface area contributed by atoms with E-state index < -0.39 is 0 Å². The van der Waals surface area contributed by atoms with Gasteiger partial charge in [-0.05, 0) is 25.1 Å². The molecule has 0 saturated heterocycles. The number of methoxy groups -OCH3 is 2. The number of hydrogen-bond donors (Lipinski definition) is 1. The summed E-state index contributed by atoms with van der Waals surface area (Å²) in [6.45, 7) is 2.67. The molecule has 1 aromatic carbocycles. The molecule has 8 heteroatoms. The first-order chi connectivity index (χ1) is 11.2. The molecule has 0 saturated carbocycles. The first-order valence-electron chi connectivity index (χ1n) is 7.02. The summed E-state index contributed by atoms with van der Waals surface area (Å²) in [5, 5.41) is 7.42. The summed E-state index contributed by atoms with van der Waals surface area (Å²) in [6.07, 6.45) is 1.76. The van der Waals surface area contributed by atoms with Crippen LogP contribution in [0, 0.1) is 0 Å². The molecule has 0 aliphatic rings. The maximum Gasteiger partial charge on any atom is 0.277 e. The Morgan fingerprint density at radius 1 is 1.26 bits per heavy atom. The van der Waals surface area contributed by atoms with Crippen molar-refractivity contribution >= 4 is 32.6 Å². The molecule has 0 aliphatic heterocycles. The minimum atomic E-state index is -0.297. The van der Waals surface area contributed by atoms with Crippen LogP contribution in [0.25, 0.3) is 10.2 Å². The Balaban J connectivity index is 1.92. The Bertz CT molecular complexity index is 815. The summed E-state index contributed by atoms with van der Waals surface area (Å²) in [5.41, 5.74) is 1.01. The van der Waals surface area contributed by atoms with E-state index in [-0.39, 0.29) is 5.91 Å². The standard InChI is InChI=1S/C15H16N4O3S/c1-4-19-8-7-9(18-19)14(20)17-15-16-12-10(21-2)5-6-11(22-3)13(12)23-15/h5-8H,4H2,1-3H3,(H,16,17,20). The zero-order valence-electron chi connectivity index (χ0n) is 13.0. The number of anilines is 1. The molecule has 120 valence electrons. The zero-order valence-corrected chi connectivity index (χ0v) is 13.8. The predicted octanol–water partition coefficient (Wildman–Crippen LogP) is 2.78. The van der Waals surface area contributed by atoms with Gasteiger partial charge in [0.25, 0.3) is 5.91 Å². The number of nitrogens with zero attached hydrogens (tertiary/aromatic N) is 3. The lowest BCUT2D eigenvalue weighted by molar-refractivity contribution is 0.102. The highest BCUT2D eigenvalue weighted by atomic mass is 32.1. The first kappa shape index (κ1) is 15.3. The van der Waals surface area contributed by atoms with Crippen molar-refractivity contribution in [1.82, 2.24) is 14.8 Å². The molecule has 3 rings (SSSR count). The minimum Gasteiger partial charge on any atom is -0.495 e. The molecule has 0 fully saturated rings. The van der Waals surface area contributed by atoms with Gasteiger partial charge in [0.1, 0.15) is 21.7 Å². The maximum atomic E-state index is 12.2. The second kappa shape index (κ2) is 6.25. The second-order valence-corrected chi connectivity index (χ2v) is 5.68. The summed E-state index contributed by atoms with van der Waals surface area (Å²) in [5.74, 6) is 1.02. The van der Waals surface area contributed by atoms with Crippen LogP contribution in [0.5, 0.6) is 11.5 Å². The quantitative estimate of drug-likeness (QED) is 0.777. The van der Waals surface area contributed by atoms with Crippen molar-refractivity contribution in [3.05, 3.63) is 30.1 Å². The average Bonchev–Trinajstić information content (AvgIpc) is 3.20. The fourth-order valence-electron chi connectivity index (χ4n) is 2.16. The van der Waals surface area contributed by atoms with Crippen LogP contribution >= 0.6 is 11.3 Å². The van der Waals surface area contributed by atoms with Crippen LogP contribution < -0.4 is 14.8 Å². The second-order valence-electron chi connectivity index (χ2n) is 4.68. The largest absolute Gasteiger partial charge is 0.495 e. The smallest absolute Gasteiger partial charge is 0.277 e. The van der Waals surface area contributed by atoms with E-state index in [0.717, 1.165) is 4.70 Å². The van der Waals surface area contributed by atoms with Gasteiger partial charge in [0.2, 0.25) is 0 Å². The lowest BCUT2D eigenvalue weighted by Gasteiger charge is -2.03. The molecule has 0 unspecified atom stereocenters. The zero-order chi connectivity index (χ0) is 16.4. The molecule has 1 amide bonds. The number of thiazole rings is 1. The monoisotopic (exact) mass is 332 g/mol. The van der Waals surface area contributed by atoms with E-state index in [0.29, 0.717) is 34.4 Å². The number of aromatic nitrogens is 3. The number of fused-ring (bicyclic) bond motifs is 1. The van der Waals surface area contributed by atoms with Crippen molar-refractivity contribution in [2.24, 2.45) is 0 Å². The summed E-state index contributed by atoms with van der Waals surface area (Å²) in [7, 11) is 3.17. The van der Waals surface area contributed by atoms with Crippen LogP contribution in [0.2, 0.25) is 0 Å². The molecule has 0 radical (unpaired) electrons. The molecule has 2 aromatic heterocycles. The topological polar surface area (TPSA) is 78.3 Å². The van der Waals surface area contributed by atoms with Crippen LogP contribution in [0.3, 0.4) is 0 Å².